The van der Waals surface area contributed by atoms with Crippen molar-refractivity contribution in [2.45, 2.75) is 4.90 Å². The zero-order valence-electron chi connectivity index (χ0n) is 10.3. The lowest BCUT2D eigenvalue weighted by Gasteiger charge is -2.07. The molecule has 0 bridgehead atoms. The molecule has 5 N–H and O–H groups in total. The molecule has 0 atom stereocenters. The van der Waals surface area contributed by atoms with E-state index in [4.69, 9.17) is 16.0 Å². The Kier molecular flexibility index (Phi) is 5.74. The number of benzene rings is 1. The second kappa shape index (κ2) is 7.07. The molecule has 0 aliphatic heterocycles. The Morgan fingerprint density at radius 2 is 2.11 bits per heavy atom. The van der Waals surface area contributed by atoms with Crippen LogP contribution in [0.5, 0.6) is 0 Å². The van der Waals surface area contributed by atoms with Gasteiger partial charge in [0, 0.05) is 18.7 Å². The smallest absolute Gasteiger partial charge is 0.179 e. The Morgan fingerprint density at radius 1 is 1.37 bits per heavy atom. The summed E-state index contributed by atoms with van der Waals surface area (Å²) < 4.78 is 24.0. The Morgan fingerprint density at radius 3 is 2.74 bits per heavy atom. The first-order chi connectivity index (χ1) is 9.01. The molecule has 1 rings (SSSR count). The molecule has 0 aromatic heterocycles. The standard InChI is InChI=1S/C11H17N3O4S/c12-11(14-16)9-2-1-3-10(8-9)19(17,18)7-5-13-4-6-15/h1-3,8,13,15-16H,4-7H2,(H2,12,14). The second-order valence-electron chi connectivity index (χ2n) is 3.81. The molecule has 106 valence electrons. The first kappa shape index (κ1) is 15.4. The number of aliphatic hydroxyl groups is 1. The third-order valence-electron chi connectivity index (χ3n) is 2.43. The SMILES string of the molecule is N/C(=N/O)c1cccc(S(=O)(=O)CCNCCO)c1. The molecule has 7 nitrogen and oxygen atoms in total. The molecule has 0 aliphatic carbocycles. The average Bonchev–Trinajstić information content (AvgIpc) is 2.43. The van der Waals surface area contributed by atoms with Crippen LogP contribution in [-0.2, 0) is 9.84 Å². The number of nitrogens with two attached hydrogens (primary N) is 1. The van der Waals surface area contributed by atoms with Crippen molar-refractivity contribution in [2.24, 2.45) is 10.9 Å². The summed E-state index contributed by atoms with van der Waals surface area (Å²) in [4.78, 5) is 0.113. The van der Waals surface area contributed by atoms with Gasteiger partial charge in [0.2, 0.25) is 0 Å². The minimum absolute atomic E-state index is 0.0426. The summed E-state index contributed by atoms with van der Waals surface area (Å²) in [6.45, 7) is 0.551. The predicted octanol–water partition coefficient (Wildman–Crippen LogP) is -0.863. The zero-order chi connectivity index (χ0) is 14.3. The van der Waals surface area contributed by atoms with E-state index in [9.17, 15) is 8.42 Å². The summed E-state index contributed by atoms with van der Waals surface area (Å²) in [5, 5.41) is 22.8. The Hall–Kier alpha value is -1.64. The molecule has 0 amide bonds. The number of nitrogens with zero attached hydrogens (tertiary/aromatic N) is 1. The number of sulfone groups is 1. The molecular weight excluding hydrogens is 270 g/mol. The summed E-state index contributed by atoms with van der Waals surface area (Å²) in [7, 11) is -3.44. The van der Waals surface area contributed by atoms with Gasteiger partial charge in [0.15, 0.2) is 15.7 Å². The van der Waals surface area contributed by atoms with Crippen LogP contribution >= 0.6 is 0 Å². The molecule has 1 aromatic rings. The van der Waals surface area contributed by atoms with E-state index in [0.717, 1.165) is 0 Å². The maximum atomic E-state index is 12.0. The Balaban J connectivity index is 2.84. The van der Waals surface area contributed by atoms with Crippen LogP contribution < -0.4 is 11.1 Å². The van der Waals surface area contributed by atoms with Crippen LogP contribution in [0, 0.1) is 0 Å². The van der Waals surface area contributed by atoms with E-state index >= 15 is 0 Å². The molecule has 1 aromatic carbocycles. The van der Waals surface area contributed by atoms with Gasteiger partial charge in [-0.1, -0.05) is 17.3 Å². The fraction of sp³-hybridized carbons (Fsp3) is 0.364. The van der Waals surface area contributed by atoms with Crippen molar-refractivity contribution in [3.63, 3.8) is 0 Å². The van der Waals surface area contributed by atoms with Gasteiger partial charge in [0.1, 0.15) is 0 Å². The number of hydrogen-bond acceptors (Lipinski definition) is 6. The number of oxime groups is 1. The molecule has 0 aliphatic rings. The zero-order valence-corrected chi connectivity index (χ0v) is 11.1. The van der Waals surface area contributed by atoms with Gasteiger partial charge in [-0.05, 0) is 12.1 Å². The van der Waals surface area contributed by atoms with Crippen LogP contribution in [0.1, 0.15) is 5.56 Å². The first-order valence-electron chi connectivity index (χ1n) is 5.63. The monoisotopic (exact) mass is 287 g/mol. The molecule has 0 spiro atoms. The number of hydrogen-bond donors (Lipinski definition) is 4. The lowest BCUT2D eigenvalue weighted by atomic mass is 10.2. The fourth-order valence-electron chi connectivity index (χ4n) is 1.44. The largest absolute Gasteiger partial charge is 0.409 e. The van der Waals surface area contributed by atoms with Crippen molar-refractivity contribution < 1.29 is 18.7 Å². The second-order valence-corrected chi connectivity index (χ2v) is 5.91. The van der Waals surface area contributed by atoms with Gasteiger partial charge in [0.25, 0.3) is 0 Å². The van der Waals surface area contributed by atoms with Crippen LogP contribution in [0.3, 0.4) is 0 Å². The van der Waals surface area contributed by atoms with Crippen molar-refractivity contribution in [3.05, 3.63) is 29.8 Å². The summed E-state index contributed by atoms with van der Waals surface area (Å²) in [5.74, 6) is -0.234. The normalized spacial score (nSPS) is 12.6. The highest BCUT2D eigenvalue weighted by atomic mass is 32.2. The highest BCUT2D eigenvalue weighted by Gasteiger charge is 2.15. The molecule has 0 radical (unpaired) electrons. The van der Waals surface area contributed by atoms with Crippen LogP contribution in [0.2, 0.25) is 0 Å². The van der Waals surface area contributed by atoms with E-state index in [1.807, 2.05) is 0 Å². The maximum Gasteiger partial charge on any atom is 0.179 e. The molecule has 0 saturated heterocycles. The van der Waals surface area contributed by atoms with E-state index in [1.54, 1.807) is 6.07 Å². The third kappa shape index (κ3) is 4.51. The minimum atomic E-state index is -3.44. The van der Waals surface area contributed by atoms with Gasteiger partial charge in [-0.15, -0.1) is 0 Å². The first-order valence-corrected chi connectivity index (χ1v) is 7.29. The predicted molar refractivity (Wildman–Crippen MR) is 71.0 cm³/mol. The highest BCUT2D eigenvalue weighted by Crippen LogP contribution is 2.13. The van der Waals surface area contributed by atoms with E-state index in [-0.39, 0.29) is 29.6 Å². The van der Waals surface area contributed by atoms with Gasteiger partial charge < -0.3 is 21.4 Å². The molecule has 0 unspecified atom stereocenters. The van der Waals surface area contributed by atoms with Crippen molar-refractivity contribution in [3.8, 4) is 0 Å². The van der Waals surface area contributed by atoms with Crippen LogP contribution in [0.25, 0.3) is 0 Å². The highest BCUT2D eigenvalue weighted by molar-refractivity contribution is 7.91. The summed E-state index contributed by atoms with van der Waals surface area (Å²) >= 11 is 0. The van der Waals surface area contributed by atoms with Crippen LogP contribution in [0.15, 0.2) is 34.3 Å². The van der Waals surface area contributed by atoms with Crippen molar-refractivity contribution in [2.75, 3.05) is 25.4 Å². The van der Waals surface area contributed by atoms with Gasteiger partial charge in [-0.3, -0.25) is 0 Å². The third-order valence-corrected chi connectivity index (χ3v) is 4.15. The lowest BCUT2D eigenvalue weighted by Crippen LogP contribution is -2.25. The van der Waals surface area contributed by atoms with E-state index < -0.39 is 9.84 Å². The quantitative estimate of drug-likeness (QED) is 0.170. The van der Waals surface area contributed by atoms with Gasteiger partial charge in [-0.2, -0.15) is 0 Å². The molecular formula is C11H17N3O4S. The van der Waals surface area contributed by atoms with Gasteiger partial charge in [0.05, 0.1) is 17.3 Å². The molecule has 0 saturated carbocycles. The lowest BCUT2D eigenvalue weighted by molar-refractivity contribution is 0.293. The number of rotatable bonds is 7. The molecule has 19 heavy (non-hydrogen) atoms. The van der Waals surface area contributed by atoms with Gasteiger partial charge >= 0.3 is 0 Å². The topological polar surface area (TPSA) is 125 Å². The summed E-state index contributed by atoms with van der Waals surface area (Å²) in [6.07, 6.45) is 0. The van der Waals surface area contributed by atoms with Crippen molar-refractivity contribution in [1.29, 1.82) is 0 Å². The maximum absolute atomic E-state index is 12.0. The van der Waals surface area contributed by atoms with E-state index in [1.165, 1.54) is 18.2 Å². The minimum Gasteiger partial charge on any atom is -0.409 e. The van der Waals surface area contributed by atoms with Crippen molar-refractivity contribution in [1.82, 2.24) is 5.32 Å². The number of aliphatic hydroxyl groups excluding tert-OH is 1. The average molecular weight is 287 g/mol. The molecule has 0 fully saturated rings. The van der Waals surface area contributed by atoms with Crippen LogP contribution in [-0.4, -0.2) is 50.0 Å². The van der Waals surface area contributed by atoms with E-state index in [2.05, 4.69) is 10.5 Å². The molecule has 0 heterocycles. The number of nitrogens with one attached hydrogen (secondary N) is 1. The molecule has 8 heteroatoms. The summed E-state index contributed by atoms with van der Waals surface area (Å²) in [5.41, 5.74) is 5.75. The van der Waals surface area contributed by atoms with Crippen molar-refractivity contribution >= 4 is 15.7 Å². The summed E-state index contributed by atoms with van der Waals surface area (Å²) in [6, 6.07) is 5.89. The van der Waals surface area contributed by atoms with E-state index in [0.29, 0.717) is 12.1 Å². The fourth-order valence-corrected chi connectivity index (χ4v) is 2.68. The van der Waals surface area contributed by atoms with Gasteiger partial charge in [-0.25, -0.2) is 8.42 Å². The van der Waals surface area contributed by atoms with Crippen LogP contribution in [0.4, 0.5) is 0 Å². The number of amidine groups is 1. The Bertz CT molecular complexity index is 543. The Labute approximate surface area is 111 Å².